The smallest absolute Gasteiger partial charge is 0.203 e. The standard InChI is InChI=1S/C13H15N3S/c1-10(12-6-4-3-5-7-12)8-14-16-13-15-11(2)9-17-13/h3-10H,1-2H3,(H,15,16)/t10-/m0/s1. The molecule has 0 aliphatic carbocycles. The van der Waals surface area contributed by atoms with E-state index < -0.39 is 0 Å². The van der Waals surface area contributed by atoms with Gasteiger partial charge in [0.25, 0.3) is 0 Å². The molecular weight excluding hydrogens is 230 g/mol. The molecule has 4 heteroatoms. The maximum absolute atomic E-state index is 4.27. The lowest BCUT2D eigenvalue weighted by Gasteiger charge is -2.04. The number of hydrazone groups is 1. The van der Waals surface area contributed by atoms with Crippen molar-refractivity contribution in [3.8, 4) is 0 Å². The van der Waals surface area contributed by atoms with E-state index in [-0.39, 0.29) is 0 Å². The van der Waals surface area contributed by atoms with Crippen LogP contribution in [0.5, 0.6) is 0 Å². The number of thiazole rings is 1. The zero-order valence-corrected chi connectivity index (χ0v) is 10.7. The van der Waals surface area contributed by atoms with Gasteiger partial charge in [-0.2, -0.15) is 5.10 Å². The Morgan fingerprint density at radius 2 is 2.12 bits per heavy atom. The average molecular weight is 245 g/mol. The van der Waals surface area contributed by atoms with Crippen molar-refractivity contribution in [1.82, 2.24) is 4.98 Å². The predicted octanol–water partition coefficient (Wildman–Crippen LogP) is 3.65. The molecule has 0 saturated carbocycles. The molecule has 0 amide bonds. The van der Waals surface area contributed by atoms with Crippen LogP contribution in [0.25, 0.3) is 0 Å². The molecule has 0 fully saturated rings. The van der Waals surface area contributed by atoms with Crippen LogP contribution in [0.1, 0.15) is 24.1 Å². The van der Waals surface area contributed by atoms with Gasteiger partial charge in [0.15, 0.2) is 0 Å². The number of hydrogen-bond donors (Lipinski definition) is 1. The minimum Gasteiger partial charge on any atom is -0.253 e. The summed E-state index contributed by atoms with van der Waals surface area (Å²) in [6, 6.07) is 10.3. The molecule has 0 bridgehead atoms. The second-order valence-corrected chi connectivity index (χ2v) is 4.74. The van der Waals surface area contributed by atoms with Crippen LogP contribution in [0.3, 0.4) is 0 Å². The van der Waals surface area contributed by atoms with Crippen molar-refractivity contribution in [2.45, 2.75) is 19.8 Å². The minimum atomic E-state index is 0.296. The van der Waals surface area contributed by atoms with Gasteiger partial charge in [0, 0.05) is 17.5 Å². The van der Waals surface area contributed by atoms with Gasteiger partial charge in [-0.25, -0.2) is 4.98 Å². The first-order valence-electron chi connectivity index (χ1n) is 5.52. The van der Waals surface area contributed by atoms with Gasteiger partial charge in [0.1, 0.15) is 0 Å². The lowest BCUT2D eigenvalue weighted by Crippen LogP contribution is -1.97. The van der Waals surface area contributed by atoms with Crippen molar-refractivity contribution in [3.05, 3.63) is 47.0 Å². The molecule has 1 aromatic carbocycles. The van der Waals surface area contributed by atoms with Crippen molar-refractivity contribution < 1.29 is 0 Å². The van der Waals surface area contributed by atoms with Crippen molar-refractivity contribution in [3.63, 3.8) is 0 Å². The third-order valence-electron chi connectivity index (χ3n) is 2.40. The zero-order chi connectivity index (χ0) is 12.1. The van der Waals surface area contributed by atoms with Crippen LogP contribution in [-0.2, 0) is 0 Å². The first-order valence-corrected chi connectivity index (χ1v) is 6.40. The molecule has 0 radical (unpaired) electrons. The van der Waals surface area contributed by atoms with Gasteiger partial charge in [-0.15, -0.1) is 11.3 Å². The normalized spacial score (nSPS) is 12.8. The van der Waals surface area contributed by atoms with Gasteiger partial charge in [-0.05, 0) is 12.5 Å². The van der Waals surface area contributed by atoms with Crippen molar-refractivity contribution in [1.29, 1.82) is 0 Å². The molecule has 0 saturated heterocycles. The van der Waals surface area contributed by atoms with E-state index in [0.717, 1.165) is 10.8 Å². The Kier molecular flexibility index (Phi) is 3.88. The summed E-state index contributed by atoms with van der Waals surface area (Å²) >= 11 is 1.56. The Hall–Kier alpha value is -1.68. The fourth-order valence-electron chi connectivity index (χ4n) is 1.45. The molecule has 0 aliphatic heterocycles. The number of nitrogens with one attached hydrogen (secondary N) is 1. The molecular formula is C13H15N3S. The lowest BCUT2D eigenvalue weighted by atomic mass is 10.0. The summed E-state index contributed by atoms with van der Waals surface area (Å²) in [4.78, 5) is 4.27. The fourth-order valence-corrected chi connectivity index (χ4v) is 2.09. The van der Waals surface area contributed by atoms with E-state index in [1.54, 1.807) is 11.3 Å². The SMILES string of the molecule is Cc1csc(NN=C[C@H](C)c2ccccc2)n1. The van der Waals surface area contributed by atoms with E-state index in [0.29, 0.717) is 5.92 Å². The van der Waals surface area contributed by atoms with Gasteiger partial charge in [-0.1, -0.05) is 37.3 Å². The molecule has 2 rings (SSSR count). The molecule has 1 aromatic heterocycles. The largest absolute Gasteiger partial charge is 0.253 e. The Balaban J connectivity index is 1.93. The molecule has 2 aromatic rings. The molecule has 3 nitrogen and oxygen atoms in total. The van der Waals surface area contributed by atoms with Crippen LogP contribution >= 0.6 is 11.3 Å². The van der Waals surface area contributed by atoms with E-state index in [1.807, 2.05) is 36.7 Å². The van der Waals surface area contributed by atoms with E-state index in [1.165, 1.54) is 5.56 Å². The quantitative estimate of drug-likeness (QED) is 0.659. The Morgan fingerprint density at radius 1 is 1.35 bits per heavy atom. The van der Waals surface area contributed by atoms with Gasteiger partial charge < -0.3 is 0 Å². The van der Waals surface area contributed by atoms with Crippen LogP contribution < -0.4 is 5.43 Å². The highest BCUT2D eigenvalue weighted by atomic mass is 32.1. The van der Waals surface area contributed by atoms with Crippen molar-refractivity contribution in [2.75, 3.05) is 5.43 Å². The number of benzene rings is 1. The molecule has 1 N–H and O–H groups in total. The fraction of sp³-hybridized carbons (Fsp3) is 0.231. The van der Waals surface area contributed by atoms with Crippen LogP contribution in [0.4, 0.5) is 5.13 Å². The number of hydrogen-bond acceptors (Lipinski definition) is 4. The summed E-state index contributed by atoms with van der Waals surface area (Å²) in [5, 5.41) is 7.04. The number of anilines is 1. The minimum absolute atomic E-state index is 0.296. The van der Waals surface area contributed by atoms with Gasteiger partial charge >= 0.3 is 0 Å². The van der Waals surface area contributed by atoms with Crippen molar-refractivity contribution >= 4 is 22.7 Å². The highest BCUT2D eigenvalue weighted by Crippen LogP contribution is 2.15. The number of aryl methyl sites for hydroxylation is 1. The van der Waals surface area contributed by atoms with Gasteiger partial charge in [-0.3, -0.25) is 5.43 Å². The first-order chi connectivity index (χ1) is 8.25. The highest BCUT2D eigenvalue weighted by molar-refractivity contribution is 7.13. The molecule has 0 unspecified atom stereocenters. The maximum Gasteiger partial charge on any atom is 0.203 e. The molecule has 17 heavy (non-hydrogen) atoms. The van der Waals surface area contributed by atoms with Crippen LogP contribution in [-0.4, -0.2) is 11.2 Å². The third kappa shape index (κ3) is 3.39. The number of aromatic nitrogens is 1. The summed E-state index contributed by atoms with van der Waals surface area (Å²) in [5.41, 5.74) is 5.22. The number of rotatable bonds is 4. The predicted molar refractivity (Wildman–Crippen MR) is 73.8 cm³/mol. The highest BCUT2D eigenvalue weighted by Gasteiger charge is 2.00. The topological polar surface area (TPSA) is 37.3 Å². The molecule has 0 aliphatic rings. The van der Waals surface area contributed by atoms with E-state index >= 15 is 0 Å². The Labute approximate surface area is 105 Å². The average Bonchev–Trinajstić information content (AvgIpc) is 2.76. The van der Waals surface area contributed by atoms with Crippen LogP contribution in [0, 0.1) is 6.92 Å². The second kappa shape index (κ2) is 5.59. The Morgan fingerprint density at radius 3 is 2.76 bits per heavy atom. The Bertz CT molecular complexity index is 490. The van der Waals surface area contributed by atoms with Crippen LogP contribution in [0.2, 0.25) is 0 Å². The molecule has 0 spiro atoms. The summed E-state index contributed by atoms with van der Waals surface area (Å²) in [5.74, 6) is 0.296. The summed E-state index contributed by atoms with van der Waals surface area (Å²) in [6.07, 6.45) is 1.89. The lowest BCUT2D eigenvalue weighted by molar-refractivity contribution is 1.04. The van der Waals surface area contributed by atoms with Crippen LogP contribution in [0.15, 0.2) is 40.8 Å². The van der Waals surface area contributed by atoms with E-state index in [2.05, 4.69) is 34.6 Å². The second-order valence-electron chi connectivity index (χ2n) is 3.88. The zero-order valence-electron chi connectivity index (χ0n) is 9.92. The summed E-state index contributed by atoms with van der Waals surface area (Å²) in [6.45, 7) is 4.09. The molecule has 1 atom stereocenters. The maximum atomic E-state index is 4.27. The monoisotopic (exact) mass is 245 g/mol. The van der Waals surface area contributed by atoms with Gasteiger partial charge in [0.05, 0.1) is 5.69 Å². The summed E-state index contributed by atoms with van der Waals surface area (Å²) < 4.78 is 0. The molecule has 1 heterocycles. The first kappa shape index (κ1) is 11.8. The van der Waals surface area contributed by atoms with Crippen molar-refractivity contribution in [2.24, 2.45) is 5.10 Å². The van der Waals surface area contributed by atoms with E-state index in [4.69, 9.17) is 0 Å². The third-order valence-corrected chi connectivity index (χ3v) is 3.27. The summed E-state index contributed by atoms with van der Waals surface area (Å²) in [7, 11) is 0. The van der Waals surface area contributed by atoms with Gasteiger partial charge in [0.2, 0.25) is 5.13 Å². The molecule has 88 valence electrons. The van der Waals surface area contributed by atoms with E-state index in [9.17, 15) is 0 Å². The number of nitrogens with zero attached hydrogens (tertiary/aromatic N) is 2.